The van der Waals surface area contributed by atoms with E-state index in [4.69, 9.17) is 26.8 Å². The summed E-state index contributed by atoms with van der Waals surface area (Å²) in [5.74, 6) is -0.0337. The third kappa shape index (κ3) is 6.01. The van der Waals surface area contributed by atoms with E-state index in [1.807, 2.05) is 12.1 Å². The molecule has 1 aromatic carbocycles. The van der Waals surface area contributed by atoms with Gasteiger partial charge in [-0.2, -0.15) is 0 Å². The summed E-state index contributed by atoms with van der Waals surface area (Å²) < 4.78 is 11.1. The Balaban J connectivity index is 1.89. The van der Waals surface area contributed by atoms with Crippen LogP contribution in [0.4, 0.5) is 0 Å². The van der Waals surface area contributed by atoms with Gasteiger partial charge in [0.15, 0.2) is 6.61 Å². The quantitative estimate of drug-likeness (QED) is 0.790. The van der Waals surface area contributed by atoms with E-state index in [-0.39, 0.29) is 6.61 Å². The first-order valence-electron chi connectivity index (χ1n) is 8.12. The van der Waals surface area contributed by atoms with E-state index >= 15 is 0 Å². The number of likely N-dealkylation sites (tertiary alicyclic amines) is 1. The number of nitrogens with zero attached hydrogens (tertiary/aromatic N) is 1. The number of ether oxygens (including phenoxy) is 2. The molecule has 1 heterocycles. The molecule has 1 aliphatic rings. The Labute approximate surface area is 142 Å². The Hall–Kier alpha value is -1.30. The van der Waals surface area contributed by atoms with Crippen LogP contribution in [0.3, 0.4) is 0 Å². The van der Waals surface area contributed by atoms with Crippen molar-refractivity contribution in [3.63, 3.8) is 0 Å². The van der Waals surface area contributed by atoms with Crippen molar-refractivity contribution in [1.82, 2.24) is 4.90 Å². The van der Waals surface area contributed by atoms with Crippen LogP contribution < -0.4 is 10.5 Å². The van der Waals surface area contributed by atoms with Crippen LogP contribution in [0.2, 0.25) is 5.02 Å². The standard InChI is InChI=1S/C17H25ClN2O3/c1-2-8-22-14-4-3-7-20(11-14)10-13-5-6-16(15(18)9-13)23-12-17(19)21/h5-6,9,14H,2-4,7-8,10-12H2,1H3,(H2,19,21)/t14-/m0/s1. The van der Waals surface area contributed by atoms with Crippen LogP contribution in [0.5, 0.6) is 5.75 Å². The number of piperidine rings is 1. The Kier molecular flexibility index (Phi) is 7.15. The number of nitrogens with two attached hydrogens (primary N) is 1. The average Bonchev–Trinajstić information content (AvgIpc) is 2.52. The van der Waals surface area contributed by atoms with Gasteiger partial charge in [0.2, 0.25) is 0 Å². The molecule has 0 aromatic heterocycles. The molecule has 0 saturated carbocycles. The highest BCUT2D eigenvalue weighted by Gasteiger charge is 2.20. The largest absolute Gasteiger partial charge is 0.482 e. The van der Waals surface area contributed by atoms with Crippen LogP contribution >= 0.6 is 11.6 Å². The van der Waals surface area contributed by atoms with Gasteiger partial charge in [0.25, 0.3) is 5.91 Å². The number of carbonyl (C=O) groups excluding carboxylic acids is 1. The number of hydrogen-bond donors (Lipinski definition) is 1. The summed E-state index contributed by atoms with van der Waals surface area (Å²) >= 11 is 6.21. The Morgan fingerprint density at radius 1 is 1.48 bits per heavy atom. The molecule has 2 N–H and O–H groups in total. The number of rotatable bonds is 8. The smallest absolute Gasteiger partial charge is 0.255 e. The van der Waals surface area contributed by atoms with Crippen molar-refractivity contribution in [2.75, 3.05) is 26.3 Å². The highest BCUT2D eigenvalue weighted by Crippen LogP contribution is 2.26. The van der Waals surface area contributed by atoms with E-state index in [1.165, 1.54) is 0 Å². The number of hydrogen-bond acceptors (Lipinski definition) is 4. The summed E-state index contributed by atoms with van der Waals surface area (Å²) in [4.78, 5) is 13.1. The maximum Gasteiger partial charge on any atom is 0.255 e. The van der Waals surface area contributed by atoms with E-state index in [0.717, 1.165) is 51.1 Å². The van der Waals surface area contributed by atoms with Crippen LogP contribution in [-0.4, -0.2) is 43.2 Å². The second-order valence-corrected chi connectivity index (χ2v) is 6.30. The minimum Gasteiger partial charge on any atom is -0.482 e. The second-order valence-electron chi connectivity index (χ2n) is 5.89. The fourth-order valence-electron chi connectivity index (χ4n) is 2.74. The van der Waals surface area contributed by atoms with Gasteiger partial charge in [-0.1, -0.05) is 24.6 Å². The van der Waals surface area contributed by atoms with E-state index in [0.29, 0.717) is 16.9 Å². The molecule has 1 fully saturated rings. The Bertz CT molecular complexity index is 525. The lowest BCUT2D eigenvalue weighted by Crippen LogP contribution is -2.39. The molecule has 5 nitrogen and oxygen atoms in total. The maximum absolute atomic E-state index is 10.8. The number of halogens is 1. The number of carbonyl (C=O) groups is 1. The molecular weight excluding hydrogens is 316 g/mol. The first kappa shape index (κ1) is 18.0. The topological polar surface area (TPSA) is 64.8 Å². The number of primary amides is 1. The fraction of sp³-hybridized carbons (Fsp3) is 0.588. The van der Waals surface area contributed by atoms with Crippen LogP contribution in [-0.2, 0) is 16.1 Å². The Morgan fingerprint density at radius 2 is 2.30 bits per heavy atom. The summed E-state index contributed by atoms with van der Waals surface area (Å²) in [6.45, 7) is 5.66. The van der Waals surface area contributed by atoms with Crippen molar-refractivity contribution in [2.24, 2.45) is 5.73 Å². The lowest BCUT2D eigenvalue weighted by molar-refractivity contribution is -0.119. The van der Waals surface area contributed by atoms with Crippen molar-refractivity contribution in [2.45, 2.75) is 38.8 Å². The molecule has 2 rings (SSSR count). The van der Waals surface area contributed by atoms with Gasteiger partial charge in [0.1, 0.15) is 5.75 Å². The van der Waals surface area contributed by atoms with Crippen LogP contribution in [0.1, 0.15) is 31.7 Å². The molecule has 23 heavy (non-hydrogen) atoms. The van der Waals surface area contributed by atoms with E-state index in [2.05, 4.69) is 11.8 Å². The lowest BCUT2D eigenvalue weighted by Gasteiger charge is -2.32. The van der Waals surface area contributed by atoms with Gasteiger partial charge in [-0.25, -0.2) is 0 Å². The van der Waals surface area contributed by atoms with Crippen molar-refractivity contribution < 1.29 is 14.3 Å². The van der Waals surface area contributed by atoms with Gasteiger partial charge in [-0.05, 0) is 43.5 Å². The number of benzene rings is 1. The molecule has 0 unspecified atom stereocenters. The lowest BCUT2D eigenvalue weighted by atomic mass is 10.1. The predicted octanol–water partition coefficient (Wildman–Crippen LogP) is 2.60. The zero-order valence-electron chi connectivity index (χ0n) is 13.6. The number of amides is 1. The summed E-state index contributed by atoms with van der Waals surface area (Å²) in [6.07, 6.45) is 3.68. The van der Waals surface area contributed by atoms with E-state index in [1.54, 1.807) is 6.07 Å². The highest BCUT2D eigenvalue weighted by atomic mass is 35.5. The minimum atomic E-state index is -0.517. The van der Waals surface area contributed by atoms with Crippen molar-refractivity contribution in [1.29, 1.82) is 0 Å². The molecule has 1 aliphatic heterocycles. The van der Waals surface area contributed by atoms with E-state index in [9.17, 15) is 4.79 Å². The van der Waals surface area contributed by atoms with Crippen LogP contribution in [0.25, 0.3) is 0 Å². The van der Waals surface area contributed by atoms with Gasteiger partial charge in [0.05, 0.1) is 11.1 Å². The van der Waals surface area contributed by atoms with Gasteiger partial charge in [-0.3, -0.25) is 9.69 Å². The van der Waals surface area contributed by atoms with Gasteiger partial charge < -0.3 is 15.2 Å². The summed E-state index contributed by atoms with van der Waals surface area (Å²) in [5.41, 5.74) is 6.19. The third-order valence-corrected chi connectivity index (χ3v) is 4.09. The normalized spacial score (nSPS) is 18.8. The Morgan fingerprint density at radius 3 is 3.00 bits per heavy atom. The van der Waals surface area contributed by atoms with Gasteiger partial charge in [-0.15, -0.1) is 0 Å². The summed E-state index contributed by atoms with van der Waals surface area (Å²) in [7, 11) is 0. The molecule has 0 aliphatic carbocycles. The highest BCUT2D eigenvalue weighted by molar-refractivity contribution is 6.32. The zero-order chi connectivity index (χ0) is 16.7. The molecule has 128 valence electrons. The second kappa shape index (κ2) is 9.11. The molecule has 1 atom stereocenters. The monoisotopic (exact) mass is 340 g/mol. The van der Waals surface area contributed by atoms with Gasteiger partial charge >= 0.3 is 0 Å². The minimum absolute atomic E-state index is 0.165. The molecule has 1 amide bonds. The third-order valence-electron chi connectivity index (χ3n) is 3.79. The predicted molar refractivity (Wildman–Crippen MR) is 90.7 cm³/mol. The molecule has 1 saturated heterocycles. The summed E-state index contributed by atoms with van der Waals surface area (Å²) in [6, 6.07) is 5.64. The first-order chi connectivity index (χ1) is 11.1. The fourth-order valence-corrected chi connectivity index (χ4v) is 3.00. The van der Waals surface area contributed by atoms with Crippen LogP contribution in [0, 0.1) is 0 Å². The summed E-state index contributed by atoms with van der Waals surface area (Å²) in [5, 5.41) is 0.500. The van der Waals surface area contributed by atoms with Gasteiger partial charge in [0, 0.05) is 19.7 Å². The van der Waals surface area contributed by atoms with Crippen molar-refractivity contribution in [3.8, 4) is 5.75 Å². The first-order valence-corrected chi connectivity index (χ1v) is 8.49. The molecule has 1 aromatic rings. The van der Waals surface area contributed by atoms with Crippen LogP contribution in [0.15, 0.2) is 18.2 Å². The van der Waals surface area contributed by atoms with Crippen molar-refractivity contribution in [3.05, 3.63) is 28.8 Å². The molecule has 0 bridgehead atoms. The molecule has 6 heteroatoms. The van der Waals surface area contributed by atoms with E-state index < -0.39 is 5.91 Å². The maximum atomic E-state index is 10.8. The molecule has 0 spiro atoms. The SMILES string of the molecule is CCCO[C@H]1CCCN(Cc2ccc(OCC(N)=O)c(Cl)c2)C1. The van der Waals surface area contributed by atoms with Crippen molar-refractivity contribution >= 4 is 17.5 Å². The zero-order valence-corrected chi connectivity index (χ0v) is 14.3. The molecular formula is C17H25ClN2O3. The average molecular weight is 341 g/mol. The molecule has 0 radical (unpaired) electrons.